The number of carbonyl (C=O) groups is 1. The second-order valence-electron chi connectivity index (χ2n) is 6.67. The highest BCUT2D eigenvalue weighted by Crippen LogP contribution is 2.43. The van der Waals surface area contributed by atoms with Gasteiger partial charge in [0.15, 0.2) is 0 Å². The number of aromatic nitrogens is 1. The molecule has 1 N–H and O–H groups in total. The number of para-hydroxylation sites is 1. The van der Waals surface area contributed by atoms with E-state index in [1.807, 2.05) is 43.3 Å². The fourth-order valence-corrected chi connectivity index (χ4v) is 3.85. The number of aliphatic carboxylic acids is 1. The van der Waals surface area contributed by atoms with E-state index in [0.717, 1.165) is 37.2 Å². The minimum atomic E-state index is -0.961. The number of hydrogen-bond donors (Lipinski definition) is 1. The third-order valence-electron chi connectivity index (χ3n) is 5.45. The van der Waals surface area contributed by atoms with E-state index >= 15 is 0 Å². The number of anilines is 1. The molecule has 1 aromatic carbocycles. The third kappa shape index (κ3) is 3.18. The number of pyridine rings is 1. The Morgan fingerprint density at radius 2 is 1.84 bits per heavy atom. The average molecular weight is 340 g/mol. The molecule has 0 saturated carbocycles. The second kappa shape index (κ2) is 7.13. The van der Waals surface area contributed by atoms with E-state index in [-0.39, 0.29) is 5.92 Å². The first-order valence-electron chi connectivity index (χ1n) is 8.59. The van der Waals surface area contributed by atoms with Gasteiger partial charge in [0.05, 0.1) is 12.5 Å². The number of rotatable bonds is 5. The zero-order valence-electron chi connectivity index (χ0n) is 14.7. The minimum Gasteiger partial charge on any atom is -0.496 e. The smallest absolute Gasteiger partial charge is 0.314 e. The number of benzene rings is 1. The molecule has 2 heterocycles. The first kappa shape index (κ1) is 17.3. The van der Waals surface area contributed by atoms with Gasteiger partial charge in [-0.05, 0) is 43.9 Å². The Morgan fingerprint density at radius 1 is 1.20 bits per heavy atom. The molecule has 1 unspecified atom stereocenters. The van der Waals surface area contributed by atoms with E-state index in [9.17, 15) is 9.90 Å². The van der Waals surface area contributed by atoms with Gasteiger partial charge in [0.1, 0.15) is 5.75 Å². The molecule has 5 heteroatoms. The lowest BCUT2D eigenvalue weighted by molar-refractivity contribution is -0.146. The van der Waals surface area contributed by atoms with Crippen molar-refractivity contribution in [3.05, 3.63) is 54.4 Å². The average Bonchev–Trinajstić information content (AvgIpc) is 2.68. The number of carboxylic acid groups (broad SMARTS) is 1. The molecule has 0 bridgehead atoms. The van der Waals surface area contributed by atoms with Crippen molar-refractivity contribution in [2.45, 2.75) is 25.2 Å². The van der Waals surface area contributed by atoms with Gasteiger partial charge in [-0.2, -0.15) is 0 Å². The number of hydrogen-bond acceptors (Lipinski definition) is 4. The zero-order chi connectivity index (χ0) is 17.9. The van der Waals surface area contributed by atoms with Gasteiger partial charge < -0.3 is 14.7 Å². The number of piperidine rings is 1. The predicted molar refractivity (Wildman–Crippen MR) is 97.2 cm³/mol. The molecule has 0 aliphatic carbocycles. The van der Waals surface area contributed by atoms with Gasteiger partial charge in [-0.25, -0.2) is 0 Å². The minimum absolute atomic E-state index is 0.0550. The molecule has 5 nitrogen and oxygen atoms in total. The lowest BCUT2D eigenvalue weighted by Gasteiger charge is -2.41. The van der Waals surface area contributed by atoms with Gasteiger partial charge in [0.2, 0.25) is 0 Å². The maximum Gasteiger partial charge on any atom is 0.314 e. The predicted octanol–water partition coefficient (Wildman–Crippen LogP) is 3.35. The van der Waals surface area contributed by atoms with Crippen LogP contribution in [0, 0.1) is 5.92 Å². The van der Waals surface area contributed by atoms with Gasteiger partial charge in [0, 0.05) is 36.7 Å². The fourth-order valence-electron chi connectivity index (χ4n) is 3.85. The summed E-state index contributed by atoms with van der Waals surface area (Å²) < 4.78 is 5.44. The quantitative estimate of drug-likeness (QED) is 0.904. The molecular formula is C20H24N2O3. The van der Waals surface area contributed by atoms with Crippen LogP contribution in [0.2, 0.25) is 0 Å². The molecule has 2 aromatic rings. The lowest BCUT2D eigenvalue weighted by atomic mass is 9.67. The van der Waals surface area contributed by atoms with E-state index in [2.05, 4.69) is 9.88 Å². The third-order valence-corrected chi connectivity index (χ3v) is 5.45. The topological polar surface area (TPSA) is 62.7 Å². The summed E-state index contributed by atoms with van der Waals surface area (Å²) in [5.74, 6) is -0.0947. The van der Waals surface area contributed by atoms with Crippen LogP contribution < -0.4 is 9.64 Å². The largest absolute Gasteiger partial charge is 0.496 e. The molecule has 0 spiro atoms. The Morgan fingerprint density at radius 3 is 2.44 bits per heavy atom. The normalized spacial score (nSPS) is 17.8. The van der Waals surface area contributed by atoms with Gasteiger partial charge in [-0.3, -0.25) is 9.78 Å². The molecule has 0 radical (unpaired) electrons. The highest BCUT2D eigenvalue weighted by Gasteiger charge is 2.45. The van der Waals surface area contributed by atoms with Crippen molar-refractivity contribution in [1.82, 2.24) is 4.98 Å². The summed E-state index contributed by atoms with van der Waals surface area (Å²) in [4.78, 5) is 18.6. The van der Waals surface area contributed by atoms with Gasteiger partial charge >= 0.3 is 5.97 Å². The Kier molecular flexibility index (Phi) is 4.93. The molecule has 1 aliphatic rings. The van der Waals surface area contributed by atoms with E-state index in [1.54, 1.807) is 19.5 Å². The van der Waals surface area contributed by atoms with E-state index in [4.69, 9.17) is 4.74 Å². The fraction of sp³-hybridized carbons (Fsp3) is 0.400. The number of ether oxygens (including phenoxy) is 1. The number of nitrogens with zero attached hydrogens (tertiary/aromatic N) is 2. The highest BCUT2D eigenvalue weighted by molar-refractivity contribution is 5.82. The van der Waals surface area contributed by atoms with Crippen LogP contribution in [0.15, 0.2) is 48.8 Å². The first-order valence-corrected chi connectivity index (χ1v) is 8.59. The molecule has 132 valence electrons. The molecule has 1 aliphatic heterocycles. The molecule has 1 aromatic heterocycles. The summed E-state index contributed by atoms with van der Waals surface area (Å²) >= 11 is 0. The van der Waals surface area contributed by atoms with Gasteiger partial charge in [0.25, 0.3) is 0 Å². The molecular weight excluding hydrogens is 316 g/mol. The van der Waals surface area contributed by atoms with Crippen LogP contribution in [0.1, 0.15) is 25.3 Å². The van der Waals surface area contributed by atoms with Crippen LogP contribution in [-0.2, 0) is 10.2 Å². The molecule has 0 amide bonds. The Bertz CT molecular complexity index is 727. The summed E-state index contributed by atoms with van der Waals surface area (Å²) in [6.45, 7) is 3.51. The second-order valence-corrected chi connectivity index (χ2v) is 6.67. The number of carboxylic acids is 1. The van der Waals surface area contributed by atoms with Crippen LogP contribution in [0.4, 0.5) is 5.69 Å². The monoisotopic (exact) mass is 340 g/mol. The summed E-state index contributed by atoms with van der Waals surface area (Å²) in [6, 6.07) is 11.5. The van der Waals surface area contributed by atoms with E-state index < -0.39 is 11.4 Å². The van der Waals surface area contributed by atoms with Crippen molar-refractivity contribution in [2.75, 3.05) is 25.1 Å². The van der Waals surface area contributed by atoms with Crippen LogP contribution in [0.3, 0.4) is 0 Å². The lowest BCUT2D eigenvalue weighted by Crippen LogP contribution is -2.46. The van der Waals surface area contributed by atoms with Crippen LogP contribution in [-0.4, -0.2) is 36.3 Å². The Balaban J connectivity index is 1.84. The maximum absolute atomic E-state index is 12.3. The van der Waals surface area contributed by atoms with Crippen molar-refractivity contribution < 1.29 is 14.6 Å². The van der Waals surface area contributed by atoms with Crippen LogP contribution in [0.25, 0.3) is 0 Å². The summed E-state index contributed by atoms with van der Waals surface area (Å²) in [5.41, 5.74) is 0.937. The standard InChI is InChI=1S/C20H24N2O3/c1-20(19(23)24,17-5-3-4-6-18(17)25-2)15-9-13-22(14-10-15)16-7-11-21-12-8-16/h3-8,11-12,15H,9-10,13-14H2,1-2H3,(H,23,24). The maximum atomic E-state index is 12.3. The van der Waals surface area contributed by atoms with Crippen molar-refractivity contribution in [3.8, 4) is 5.75 Å². The zero-order valence-corrected chi connectivity index (χ0v) is 14.7. The number of methoxy groups -OCH3 is 1. The van der Waals surface area contributed by atoms with Crippen LogP contribution in [0.5, 0.6) is 5.75 Å². The van der Waals surface area contributed by atoms with Gasteiger partial charge in [-0.15, -0.1) is 0 Å². The molecule has 1 atom stereocenters. The van der Waals surface area contributed by atoms with Crippen LogP contribution >= 0.6 is 0 Å². The first-order chi connectivity index (χ1) is 12.1. The highest BCUT2D eigenvalue weighted by atomic mass is 16.5. The summed E-state index contributed by atoms with van der Waals surface area (Å²) in [7, 11) is 1.59. The SMILES string of the molecule is COc1ccccc1C(C)(C(=O)O)C1CCN(c2ccncc2)CC1. The summed E-state index contributed by atoms with van der Waals surface area (Å²) in [5, 5.41) is 10.1. The van der Waals surface area contributed by atoms with Crippen molar-refractivity contribution in [3.63, 3.8) is 0 Å². The molecule has 25 heavy (non-hydrogen) atoms. The van der Waals surface area contributed by atoms with Crippen molar-refractivity contribution >= 4 is 11.7 Å². The van der Waals surface area contributed by atoms with E-state index in [0.29, 0.717) is 5.75 Å². The Hall–Kier alpha value is -2.56. The Labute approximate surface area is 148 Å². The van der Waals surface area contributed by atoms with Crippen molar-refractivity contribution in [1.29, 1.82) is 0 Å². The van der Waals surface area contributed by atoms with Crippen molar-refractivity contribution in [2.24, 2.45) is 5.92 Å². The van der Waals surface area contributed by atoms with E-state index in [1.165, 1.54) is 0 Å². The summed E-state index contributed by atoms with van der Waals surface area (Å²) in [6.07, 6.45) is 5.22. The molecule has 1 fully saturated rings. The molecule has 3 rings (SSSR count). The molecule has 1 saturated heterocycles. The van der Waals surface area contributed by atoms with Gasteiger partial charge in [-0.1, -0.05) is 18.2 Å².